The van der Waals surface area contributed by atoms with Gasteiger partial charge in [-0.05, 0) is 15.9 Å². The zero-order valence-corrected chi connectivity index (χ0v) is 9.22. The number of amides is 1. The van der Waals surface area contributed by atoms with Crippen LogP contribution in [0.4, 0.5) is 0 Å². The van der Waals surface area contributed by atoms with Crippen molar-refractivity contribution in [2.24, 2.45) is 0 Å². The molecule has 14 heavy (non-hydrogen) atoms. The van der Waals surface area contributed by atoms with Crippen LogP contribution in [0.15, 0.2) is 22.0 Å². The number of aromatic nitrogens is 1. The Kier molecular flexibility index (Phi) is 3.78. The van der Waals surface area contributed by atoms with Crippen LogP contribution in [-0.2, 0) is 9.63 Å². The number of carbonyl (C=O) groups is 2. The molecule has 1 aromatic heterocycles. The summed E-state index contributed by atoms with van der Waals surface area (Å²) in [4.78, 5) is 30.1. The smallest absolute Gasteiger partial charge is 0.333 e. The molecule has 74 valence electrons. The number of nitrogens with zero attached hydrogens (tertiary/aromatic N) is 1. The van der Waals surface area contributed by atoms with E-state index in [9.17, 15) is 9.59 Å². The number of hydroxylamine groups is 1. The van der Waals surface area contributed by atoms with E-state index in [2.05, 4.69) is 32.3 Å². The van der Waals surface area contributed by atoms with E-state index in [1.165, 1.54) is 22.2 Å². The van der Waals surface area contributed by atoms with Crippen LogP contribution in [0.2, 0.25) is 0 Å². The molecule has 0 saturated carbocycles. The van der Waals surface area contributed by atoms with E-state index >= 15 is 0 Å². The maximum absolute atomic E-state index is 11.1. The molecule has 0 saturated heterocycles. The number of nitrogens with one attached hydrogen (secondary N) is 1. The average molecular weight is 277 g/mol. The first-order chi connectivity index (χ1) is 6.61. The minimum absolute atomic E-state index is 0.0728. The second-order valence-corrected chi connectivity index (χ2v) is 3.78. The Bertz CT molecular complexity index is 363. The highest BCUT2D eigenvalue weighted by atomic mass is 79.9. The van der Waals surface area contributed by atoms with Crippen LogP contribution < -0.4 is 5.48 Å². The molecule has 0 spiro atoms. The Hall–Kier alpha value is -1.21. The van der Waals surface area contributed by atoms with Gasteiger partial charge in [0.15, 0.2) is 5.69 Å². The summed E-state index contributed by atoms with van der Waals surface area (Å²) in [5.74, 6) is -1.33. The van der Waals surface area contributed by atoms with Crippen LogP contribution >= 0.6 is 27.3 Å². The predicted molar refractivity (Wildman–Crippen MR) is 53.7 cm³/mol. The molecule has 0 atom stereocenters. The van der Waals surface area contributed by atoms with Crippen LogP contribution in [-0.4, -0.2) is 16.9 Å². The van der Waals surface area contributed by atoms with Gasteiger partial charge in [-0.1, -0.05) is 6.58 Å². The maximum Gasteiger partial charge on any atom is 0.382 e. The van der Waals surface area contributed by atoms with E-state index in [0.29, 0.717) is 0 Å². The predicted octanol–water partition coefficient (Wildman–Crippen LogP) is 1.24. The molecule has 0 aliphatic rings. The molecule has 0 aliphatic carbocycles. The molecule has 0 bridgehead atoms. The van der Waals surface area contributed by atoms with Gasteiger partial charge in [0.1, 0.15) is 0 Å². The van der Waals surface area contributed by atoms with Gasteiger partial charge in [-0.25, -0.2) is 9.78 Å². The normalized spacial score (nSPS) is 9.21. The minimum Gasteiger partial charge on any atom is -0.333 e. The van der Waals surface area contributed by atoms with E-state index in [4.69, 9.17) is 0 Å². The number of hydrogen-bond acceptors (Lipinski definition) is 5. The Morgan fingerprint density at radius 3 is 2.86 bits per heavy atom. The largest absolute Gasteiger partial charge is 0.382 e. The first kappa shape index (κ1) is 10.9. The van der Waals surface area contributed by atoms with Crippen molar-refractivity contribution in [1.29, 1.82) is 0 Å². The van der Waals surface area contributed by atoms with Gasteiger partial charge in [0.2, 0.25) is 0 Å². The molecular weight excluding hydrogens is 272 g/mol. The Labute approximate surface area is 91.9 Å². The third-order valence-electron chi connectivity index (χ3n) is 1.12. The van der Waals surface area contributed by atoms with E-state index in [1.54, 1.807) is 0 Å². The summed E-state index contributed by atoms with van der Waals surface area (Å²) in [6, 6.07) is 0. The molecule has 1 amide bonds. The van der Waals surface area contributed by atoms with E-state index in [1.807, 2.05) is 5.48 Å². The third kappa shape index (κ3) is 2.93. The molecule has 5 nitrogen and oxygen atoms in total. The minimum atomic E-state index is -0.714. The summed E-state index contributed by atoms with van der Waals surface area (Å²) in [5.41, 5.74) is 3.54. The van der Waals surface area contributed by atoms with Gasteiger partial charge >= 0.3 is 5.97 Å². The zero-order chi connectivity index (χ0) is 10.6. The molecule has 7 heteroatoms. The molecule has 1 aromatic rings. The fourth-order valence-electron chi connectivity index (χ4n) is 0.514. The van der Waals surface area contributed by atoms with Crippen molar-refractivity contribution < 1.29 is 14.4 Å². The maximum atomic E-state index is 11.1. The van der Waals surface area contributed by atoms with Gasteiger partial charge in [-0.3, -0.25) is 4.79 Å². The van der Waals surface area contributed by atoms with E-state index in [-0.39, 0.29) is 10.2 Å². The summed E-state index contributed by atoms with van der Waals surface area (Å²) in [6.45, 7) is 3.30. The quantitative estimate of drug-likeness (QED) is 0.652. The monoisotopic (exact) mass is 276 g/mol. The molecule has 1 rings (SSSR count). The number of carbonyl (C=O) groups excluding carboxylic acids is 2. The van der Waals surface area contributed by atoms with Gasteiger partial charge in [0.25, 0.3) is 5.91 Å². The van der Waals surface area contributed by atoms with Crippen LogP contribution in [0.3, 0.4) is 0 Å². The molecular formula is C7H5BrN2O3S. The molecule has 1 heterocycles. The lowest BCUT2D eigenvalue weighted by molar-refractivity contribution is -0.125. The number of halogens is 1. The van der Waals surface area contributed by atoms with Crippen molar-refractivity contribution in [3.8, 4) is 0 Å². The highest BCUT2D eigenvalue weighted by Gasteiger charge is 2.11. The zero-order valence-electron chi connectivity index (χ0n) is 6.82. The highest BCUT2D eigenvalue weighted by Crippen LogP contribution is 2.03. The second kappa shape index (κ2) is 4.87. The van der Waals surface area contributed by atoms with Crippen molar-refractivity contribution in [3.63, 3.8) is 0 Å². The fraction of sp³-hybridized carbons (Fsp3) is 0. The highest BCUT2D eigenvalue weighted by molar-refractivity contribution is 9.12. The number of rotatable bonds is 2. The van der Waals surface area contributed by atoms with Crippen molar-refractivity contribution in [2.75, 3.05) is 0 Å². The lowest BCUT2D eigenvalue weighted by Crippen LogP contribution is -2.26. The second-order valence-electron chi connectivity index (χ2n) is 2.10. The first-order valence-electron chi connectivity index (χ1n) is 3.35. The summed E-state index contributed by atoms with van der Waals surface area (Å²) in [6.07, 6.45) is 0. The SMILES string of the molecule is C=C(Br)C(=O)NOC(=O)c1cscn1. The van der Waals surface area contributed by atoms with Gasteiger partial charge < -0.3 is 4.84 Å². The Morgan fingerprint density at radius 1 is 1.64 bits per heavy atom. The molecule has 1 N–H and O–H groups in total. The average Bonchev–Trinajstić information content (AvgIpc) is 2.66. The molecule has 0 radical (unpaired) electrons. The number of thiazole rings is 1. The Balaban J connectivity index is 2.44. The fourth-order valence-corrected chi connectivity index (χ4v) is 1.12. The van der Waals surface area contributed by atoms with Gasteiger partial charge in [0, 0.05) is 5.38 Å². The van der Waals surface area contributed by atoms with Crippen LogP contribution in [0.1, 0.15) is 10.5 Å². The lowest BCUT2D eigenvalue weighted by Gasteiger charge is -2.01. The third-order valence-corrected chi connectivity index (χ3v) is 2.07. The van der Waals surface area contributed by atoms with Gasteiger partial charge in [-0.15, -0.1) is 11.3 Å². The standard InChI is InChI=1S/C7H5BrN2O3S/c1-4(8)6(11)10-13-7(12)5-2-14-3-9-5/h2-3H,1H2,(H,10,11). The molecule has 0 fully saturated rings. The summed E-state index contributed by atoms with van der Waals surface area (Å²) in [5, 5.41) is 1.51. The Morgan fingerprint density at radius 2 is 2.36 bits per heavy atom. The van der Waals surface area contributed by atoms with E-state index in [0.717, 1.165) is 0 Å². The topological polar surface area (TPSA) is 68.3 Å². The van der Waals surface area contributed by atoms with Gasteiger partial charge in [0.05, 0.1) is 9.99 Å². The molecule has 0 aromatic carbocycles. The van der Waals surface area contributed by atoms with E-state index < -0.39 is 11.9 Å². The first-order valence-corrected chi connectivity index (χ1v) is 5.09. The van der Waals surface area contributed by atoms with Gasteiger partial charge in [-0.2, -0.15) is 5.48 Å². The lowest BCUT2D eigenvalue weighted by atomic mass is 10.5. The summed E-state index contributed by atoms with van der Waals surface area (Å²) >= 11 is 4.08. The van der Waals surface area contributed by atoms with Crippen LogP contribution in [0.25, 0.3) is 0 Å². The number of hydrogen-bond donors (Lipinski definition) is 1. The van der Waals surface area contributed by atoms with Crippen molar-refractivity contribution in [3.05, 3.63) is 27.6 Å². The summed E-state index contributed by atoms with van der Waals surface area (Å²) < 4.78 is 0.0728. The molecule has 0 unspecified atom stereocenters. The van der Waals surface area contributed by atoms with Crippen molar-refractivity contribution >= 4 is 39.1 Å². The van der Waals surface area contributed by atoms with Crippen LogP contribution in [0.5, 0.6) is 0 Å². The van der Waals surface area contributed by atoms with Crippen molar-refractivity contribution in [1.82, 2.24) is 10.5 Å². The van der Waals surface area contributed by atoms with Crippen LogP contribution in [0, 0.1) is 0 Å². The summed E-state index contributed by atoms with van der Waals surface area (Å²) in [7, 11) is 0. The van der Waals surface area contributed by atoms with Crippen molar-refractivity contribution in [2.45, 2.75) is 0 Å². The molecule has 0 aliphatic heterocycles.